The van der Waals surface area contributed by atoms with Crippen molar-refractivity contribution in [2.75, 3.05) is 17.1 Å². The van der Waals surface area contributed by atoms with Gasteiger partial charge in [-0.25, -0.2) is 12.8 Å². The minimum Gasteiger partial charge on any atom is -0.398 e. The molecule has 0 aliphatic heterocycles. The first kappa shape index (κ1) is 13.4. The number of halogens is 1. The zero-order valence-electron chi connectivity index (χ0n) is 10.2. The van der Waals surface area contributed by atoms with E-state index in [9.17, 15) is 12.8 Å². The largest absolute Gasteiger partial charge is 0.398 e. The summed E-state index contributed by atoms with van der Waals surface area (Å²) in [6, 6.07) is 12.2. The van der Waals surface area contributed by atoms with Crippen LogP contribution in [0.5, 0.6) is 0 Å². The zero-order chi connectivity index (χ0) is 14.0. The SMILES string of the molecule is CN(c1ccccc1)S(=O)(=O)c1c(N)cccc1F. The summed E-state index contributed by atoms with van der Waals surface area (Å²) in [5.41, 5.74) is 5.90. The molecule has 0 aliphatic carbocycles. The molecule has 2 N–H and O–H groups in total. The van der Waals surface area contributed by atoms with Gasteiger partial charge in [-0.1, -0.05) is 24.3 Å². The van der Waals surface area contributed by atoms with Crippen molar-refractivity contribution in [3.63, 3.8) is 0 Å². The Morgan fingerprint density at radius 2 is 1.68 bits per heavy atom. The first-order valence-electron chi connectivity index (χ1n) is 5.52. The molecule has 0 saturated heterocycles. The molecule has 2 aromatic carbocycles. The number of rotatable bonds is 3. The van der Waals surface area contributed by atoms with Gasteiger partial charge in [-0.3, -0.25) is 4.31 Å². The number of benzene rings is 2. The van der Waals surface area contributed by atoms with Gasteiger partial charge in [-0.2, -0.15) is 0 Å². The Hall–Kier alpha value is -2.08. The zero-order valence-corrected chi connectivity index (χ0v) is 11.1. The van der Waals surface area contributed by atoms with Gasteiger partial charge in [0.2, 0.25) is 0 Å². The molecule has 0 atom stereocenters. The standard InChI is InChI=1S/C13H13FN2O2S/c1-16(10-6-3-2-4-7-10)19(17,18)13-11(14)8-5-9-12(13)15/h2-9H,15H2,1H3. The number of anilines is 2. The molecule has 4 nitrogen and oxygen atoms in total. The van der Waals surface area contributed by atoms with E-state index in [1.165, 1.54) is 19.2 Å². The van der Waals surface area contributed by atoms with Crippen molar-refractivity contribution < 1.29 is 12.8 Å². The van der Waals surface area contributed by atoms with Gasteiger partial charge < -0.3 is 5.73 Å². The lowest BCUT2D eigenvalue weighted by Crippen LogP contribution is -2.28. The molecule has 0 fully saturated rings. The van der Waals surface area contributed by atoms with Crippen LogP contribution in [0.3, 0.4) is 0 Å². The molecule has 0 heterocycles. The van der Waals surface area contributed by atoms with Gasteiger partial charge in [0.1, 0.15) is 10.7 Å². The maximum absolute atomic E-state index is 13.7. The summed E-state index contributed by atoms with van der Waals surface area (Å²) in [6.45, 7) is 0. The molecule has 6 heteroatoms. The highest BCUT2D eigenvalue weighted by Gasteiger charge is 2.27. The van der Waals surface area contributed by atoms with Gasteiger partial charge >= 0.3 is 0 Å². The van der Waals surface area contributed by atoms with Gasteiger partial charge in [0.05, 0.1) is 11.4 Å². The molecule has 0 bridgehead atoms. The second-order valence-corrected chi connectivity index (χ2v) is 5.87. The molecule has 0 saturated carbocycles. The summed E-state index contributed by atoms with van der Waals surface area (Å²) in [4.78, 5) is -0.499. The van der Waals surface area contributed by atoms with E-state index in [2.05, 4.69) is 0 Å². The fourth-order valence-corrected chi connectivity index (χ4v) is 3.06. The van der Waals surface area contributed by atoms with E-state index in [-0.39, 0.29) is 5.69 Å². The van der Waals surface area contributed by atoms with Gasteiger partial charge in [-0.15, -0.1) is 0 Å². The van der Waals surface area contributed by atoms with Crippen molar-refractivity contribution >= 4 is 21.4 Å². The van der Waals surface area contributed by atoms with E-state index < -0.39 is 20.7 Å². The second kappa shape index (κ2) is 4.89. The van der Waals surface area contributed by atoms with Crippen molar-refractivity contribution in [2.24, 2.45) is 0 Å². The van der Waals surface area contributed by atoms with Crippen LogP contribution < -0.4 is 10.0 Å². The molecule has 0 amide bonds. The highest BCUT2D eigenvalue weighted by Crippen LogP contribution is 2.27. The minimum absolute atomic E-state index is 0.109. The smallest absolute Gasteiger partial charge is 0.269 e. The van der Waals surface area contributed by atoms with Crippen LogP contribution in [0, 0.1) is 5.82 Å². The molecule has 0 aliphatic rings. The Balaban J connectivity index is 2.55. The second-order valence-electron chi connectivity index (χ2n) is 3.97. The van der Waals surface area contributed by atoms with Crippen LogP contribution in [-0.4, -0.2) is 15.5 Å². The van der Waals surface area contributed by atoms with Gasteiger partial charge in [0.15, 0.2) is 0 Å². The number of sulfonamides is 1. The topological polar surface area (TPSA) is 63.4 Å². The van der Waals surface area contributed by atoms with E-state index in [0.717, 1.165) is 10.4 Å². The Labute approximate surface area is 111 Å². The van der Waals surface area contributed by atoms with Crippen LogP contribution in [0.25, 0.3) is 0 Å². The fraction of sp³-hybridized carbons (Fsp3) is 0.0769. The van der Waals surface area contributed by atoms with E-state index >= 15 is 0 Å². The van der Waals surface area contributed by atoms with Crippen molar-refractivity contribution in [1.29, 1.82) is 0 Å². The summed E-state index contributed by atoms with van der Waals surface area (Å²) in [7, 11) is -2.66. The normalized spacial score (nSPS) is 11.3. The third-order valence-corrected chi connectivity index (χ3v) is 4.61. The van der Waals surface area contributed by atoms with Crippen molar-refractivity contribution in [1.82, 2.24) is 0 Å². The molecular weight excluding hydrogens is 267 g/mol. The van der Waals surface area contributed by atoms with Gasteiger partial charge in [0, 0.05) is 7.05 Å². The van der Waals surface area contributed by atoms with Crippen molar-refractivity contribution in [3.8, 4) is 0 Å². The lowest BCUT2D eigenvalue weighted by molar-refractivity contribution is 0.567. The number of nitrogens with zero attached hydrogens (tertiary/aromatic N) is 1. The van der Waals surface area contributed by atoms with E-state index in [1.807, 2.05) is 0 Å². The molecular formula is C13H13FN2O2S. The van der Waals surface area contributed by atoms with Crippen LogP contribution in [0.15, 0.2) is 53.4 Å². The number of hydrogen-bond acceptors (Lipinski definition) is 3. The molecule has 19 heavy (non-hydrogen) atoms. The molecule has 0 spiro atoms. The average Bonchev–Trinajstić information content (AvgIpc) is 2.38. The maximum Gasteiger partial charge on any atom is 0.269 e. The van der Waals surface area contributed by atoms with Crippen LogP contribution in [0.1, 0.15) is 0 Å². The summed E-state index contributed by atoms with van der Waals surface area (Å²) < 4.78 is 39.5. The fourth-order valence-electron chi connectivity index (χ4n) is 1.71. The highest BCUT2D eigenvalue weighted by molar-refractivity contribution is 7.93. The van der Waals surface area contributed by atoms with Gasteiger partial charge in [-0.05, 0) is 24.3 Å². The molecule has 100 valence electrons. The number of nitrogens with two attached hydrogens (primary N) is 1. The van der Waals surface area contributed by atoms with Crippen molar-refractivity contribution in [3.05, 3.63) is 54.3 Å². The highest BCUT2D eigenvalue weighted by atomic mass is 32.2. The summed E-state index contributed by atoms with van der Waals surface area (Å²) in [5.74, 6) is -0.859. The van der Waals surface area contributed by atoms with E-state index in [0.29, 0.717) is 5.69 Å². The van der Waals surface area contributed by atoms with Crippen molar-refractivity contribution in [2.45, 2.75) is 4.90 Å². The Bertz CT molecular complexity index is 667. The van der Waals surface area contributed by atoms with E-state index in [1.54, 1.807) is 30.3 Å². The summed E-state index contributed by atoms with van der Waals surface area (Å²) in [5, 5.41) is 0. The van der Waals surface area contributed by atoms with Gasteiger partial charge in [0.25, 0.3) is 10.0 Å². The Morgan fingerprint density at radius 1 is 1.05 bits per heavy atom. The third-order valence-electron chi connectivity index (χ3n) is 2.74. The lowest BCUT2D eigenvalue weighted by Gasteiger charge is -2.20. The molecule has 0 aromatic heterocycles. The quantitative estimate of drug-likeness (QED) is 0.877. The summed E-state index contributed by atoms with van der Waals surface area (Å²) >= 11 is 0. The number of para-hydroxylation sites is 1. The number of hydrogen-bond donors (Lipinski definition) is 1. The maximum atomic E-state index is 13.7. The van der Waals surface area contributed by atoms with Crippen LogP contribution in [-0.2, 0) is 10.0 Å². The van der Waals surface area contributed by atoms with Crippen LogP contribution in [0.4, 0.5) is 15.8 Å². The van der Waals surface area contributed by atoms with E-state index in [4.69, 9.17) is 5.73 Å². The monoisotopic (exact) mass is 280 g/mol. The first-order chi connectivity index (χ1) is 8.94. The van der Waals surface area contributed by atoms with Crippen LogP contribution in [0.2, 0.25) is 0 Å². The third kappa shape index (κ3) is 2.39. The Kier molecular flexibility index (Phi) is 3.44. The molecule has 2 rings (SSSR count). The lowest BCUT2D eigenvalue weighted by atomic mass is 10.3. The first-order valence-corrected chi connectivity index (χ1v) is 6.96. The molecule has 0 radical (unpaired) electrons. The number of nitrogen functional groups attached to an aromatic ring is 1. The predicted octanol–water partition coefficient (Wildman–Crippen LogP) is 2.23. The summed E-state index contributed by atoms with van der Waals surface area (Å²) in [6.07, 6.45) is 0. The Morgan fingerprint density at radius 3 is 2.26 bits per heavy atom. The predicted molar refractivity (Wildman–Crippen MR) is 72.8 cm³/mol. The van der Waals surface area contributed by atoms with Crippen LogP contribution >= 0.6 is 0 Å². The average molecular weight is 280 g/mol. The molecule has 0 unspecified atom stereocenters. The molecule has 2 aromatic rings. The minimum atomic E-state index is -4.02.